The van der Waals surface area contributed by atoms with Gasteiger partial charge in [-0.1, -0.05) is 54.6 Å². The number of nitrogens with zero attached hydrogens (tertiary/aromatic N) is 1. The number of carbonyl (C=O) groups excluding carboxylic acids is 2. The van der Waals surface area contributed by atoms with Crippen LogP contribution in [0, 0.1) is 12.7 Å². The van der Waals surface area contributed by atoms with Gasteiger partial charge in [0.05, 0.1) is 5.75 Å². The van der Waals surface area contributed by atoms with Crippen molar-refractivity contribution in [3.8, 4) is 0 Å². The van der Waals surface area contributed by atoms with Gasteiger partial charge in [0.2, 0.25) is 5.91 Å². The standard InChI is InChI=1S/C28H23FN2O2S/c1-18-24(16-30-27(33)19-7-3-2-4-8-19)23-10-6-5-9-21(23)15-25(18)31-26(32)17-34-28(31)20-11-13-22(29)14-12-20/h2-15,28H,16-17H2,1H3,(H,30,33). The Balaban J connectivity index is 1.55. The molecule has 1 aliphatic heterocycles. The number of halogens is 1. The maximum Gasteiger partial charge on any atom is 0.251 e. The third-order valence-corrected chi connectivity index (χ3v) is 7.37. The van der Waals surface area contributed by atoms with Gasteiger partial charge in [0, 0.05) is 17.8 Å². The van der Waals surface area contributed by atoms with Gasteiger partial charge in [-0.05, 0) is 64.7 Å². The summed E-state index contributed by atoms with van der Waals surface area (Å²) in [6.07, 6.45) is 0. The van der Waals surface area contributed by atoms with Crippen LogP contribution in [0.2, 0.25) is 0 Å². The van der Waals surface area contributed by atoms with E-state index < -0.39 is 0 Å². The molecule has 0 spiro atoms. The van der Waals surface area contributed by atoms with Gasteiger partial charge < -0.3 is 5.32 Å². The zero-order valence-corrected chi connectivity index (χ0v) is 19.4. The van der Waals surface area contributed by atoms with E-state index in [9.17, 15) is 14.0 Å². The molecule has 1 fully saturated rings. The molecule has 34 heavy (non-hydrogen) atoms. The predicted molar refractivity (Wildman–Crippen MR) is 135 cm³/mol. The Morgan fingerprint density at radius 3 is 2.50 bits per heavy atom. The second-order valence-electron chi connectivity index (χ2n) is 8.25. The summed E-state index contributed by atoms with van der Waals surface area (Å²) < 4.78 is 13.5. The largest absolute Gasteiger partial charge is 0.348 e. The van der Waals surface area contributed by atoms with Crippen molar-refractivity contribution in [1.29, 1.82) is 0 Å². The molecule has 0 bridgehead atoms. The molecule has 0 saturated carbocycles. The van der Waals surface area contributed by atoms with Crippen molar-refractivity contribution in [2.24, 2.45) is 0 Å². The summed E-state index contributed by atoms with van der Waals surface area (Å²) in [5.41, 5.74) is 4.20. The molecule has 0 radical (unpaired) electrons. The Labute approximate surface area is 201 Å². The fraction of sp³-hybridized carbons (Fsp3) is 0.143. The van der Waals surface area contributed by atoms with Crippen molar-refractivity contribution in [2.45, 2.75) is 18.8 Å². The van der Waals surface area contributed by atoms with E-state index in [1.807, 2.05) is 60.4 Å². The number of rotatable bonds is 5. The average molecular weight is 471 g/mol. The molecule has 4 aromatic carbocycles. The fourth-order valence-electron chi connectivity index (χ4n) is 4.41. The van der Waals surface area contributed by atoms with Gasteiger partial charge in [-0.3, -0.25) is 14.5 Å². The number of nitrogens with one attached hydrogen (secondary N) is 1. The first-order valence-electron chi connectivity index (χ1n) is 11.1. The molecule has 5 rings (SSSR count). The lowest BCUT2D eigenvalue weighted by atomic mass is 9.96. The molecule has 0 aliphatic carbocycles. The van der Waals surface area contributed by atoms with Crippen LogP contribution in [-0.2, 0) is 11.3 Å². The van der Waals surface area contributed by atoms with E-state index in [2.05, 4.69) is 5.32 Å². The van der Waals surface area contributed by atoms with Crippen LogP contribution in [-0.4, -0.2) is 17.6 Å². The van der Waals surface area contributed by atoms with Crippen LogP contribution in [0.1, 0.15) is 32.4 Å². The first-order chi connectivity index (χ1) is 16.5. The highest BCUT2D eigenvalue weighted by Gasteiger charge is 2.35. The monoisotopic (exact) mass is 470 g/mol. The maximum atomic E-state index is 13.5. The molecule has 6 heteroatoms. The van der Waals surface area contributed by atoms with Crippen molar-refractivity contribution in [3.63, 3.8) is 0 Å². The van der Waals surface area contributed by atoms with Gasteiger partial charge in [-0.25, -0.2) is 4.39 Å². The number of amides is 2. The molecule has 1 heterocycles. The summed E-state index contributed by atoms with van der Waals surface area (Å²) in [6.45, 7) is 2.33. The van der Waals surface area contributed by atoms with Crippen LogP contribution in [0.15, 0.2) is 84.9 Å². The van der Waals surface area contributed by atoms with E-state index in [1.165, 1.54) is 23.9 Å². The van der Waals surface area contributed by atoms with E-state index >= 15 is 0 Å². The number of carbonyl (C=O) groups is 2. The molecule has 4 aromatic rings. The van der Waals surface area contributed by atoms with Crippen LogP contribution in [0.5, 0.6) is 0 Å². The summed E-state index contributed by atoms with van der Waals surface area (Å²) in [5.74, 6) is -0.0830. The number of thioether (sulfide) groups is 1. The first-order valence-corrected chi connectivity index (χ1v) is 12.1. The highest BCUT2D eigenvalue weighted by atomic mass is 32.2. The minimum absolute atomic E-state index is 0.0111. The molecule has 2 amide bonds. The summed E-state index contributed by atoms with van der Waals surface area (Å²) in [6, 6.07) is 25.5. The SMILES string of the molecule is Cc1c(N2C(=O)CSC2c2ccc(F)cc2)cc2ccccc2c1CNC(=O)c1ccccc1. The van der Waals surface area contributed by atoms with Crippen LogP contribution in [0.3, 0.4) is 0 Å². The molecular weight excluding hydrogens is 447 g/mol. The first kappa shape index (κ1) is 22.2. The molecule has 1 aliphatic rings. The van der Waals surface area contributed by atoms with E-state index in [1.54, 1.807) is 24.3 Å². The second-order valence-corrected chi connectivity index (χ2v) is 9.32. The van der Waals surface area contributed by atoms with Crippen LogP contribution >= 0.6 is 11.8 Å². The zero-order chi connectivity index (χ0) is 23.7. The van der Waals surface area contributed by atoms with E-state index in [0.717, 1.165) is 33.2 Å². The number of anilines is 1. The molecular formula is C28H23FN2O2S. The summed E-state index contributed by atoms with van der Waals surface area (Å²) in [7, 11) is 0. The third-order valence-electron chi connectivity index (χ3n) is 6.16. The number of hydrogen-bond acceptors (Lipinski definition) is 3. The van der Waals surface area contributed by atoms with Crippen molar-refractivity contribution < 1.29 is 14.0 Å². The molecule has 1 atom stereocenters. The summed E-state index contributed by atoms with van der Waals surface area (Å²) >= 11 is 1.53. The fourth-order valence-corrected chi connectivity index (χ4v) is 5.58. The van der Waals surface area contributed by atoms with Crippen molar-refractivity contribution in [1.82, 2.24) is 5.32 Å². The Kier molecular flexibility index (Phi) is 6.07. The van der Waals surface area contributed by atoms with Crippen LogP contribution in [0.4, 0.5) is 10.1 Å². The topological polar surface area (TPSA) is 49.4 Å². The van der Waals surface area contributed by atoms with Crippen molar-refractivity contribution >= 4 is 40.0 Å². The average Bonchev–Trinajstić information content (AvgIpc) is 3.25. The predicted octanol–water partition coefficient (Wildman–Crippen LogP) is 6.00. The lowest BCUT2D eigenvalue weighted by Crippen LogP contribution is -2.29. The third kappa shape index (κ3) is 4.17. The summed E-state index contributed by atoms with van der Waals surface area (Å²) in [5, 5.41) is 4.83. The van der Waals surface area contributed by atoms with Crippen molar-refractivity contribution in [3.05, 3.63) is 113 Å². The van der Waals surface area contributed by atoms with E-state index in [4.69, 9.17) is 0 Å². The van der Waals surface area contributed by atoms with Crippen LogP contribution in [0.25, 0.3) is 10.8 Å². The minimum atomic E-state index is -0.303. The highest BCUT2D eigenvalue weighted by molar-refractivity contribution is 8.00. The maximum absolute atomic E-state index is 13.5. The van der Waals surface area contributed by atoms with Crippen LogP contribution < -0.4 is 10.2 Å². The minimum Gasteiger partial charge on any atom is -0.348 e. The van der Waals surface area contributed by atoms with Gasteiger partial charge >= 0.3 is 0 Å². The molecule has 1 saturated heterocycles. The molecule has 170 valence electrons. The number of hydrogen-bond donors (Lipinski definition) is 1. The van der Waals surface area contributed by atoms with Crippen molar-refractivity contribution in [2.75, 3.05) is 10.7 Å². The van der Waals surface area contributed by atoms with Gasteiger partial charge in [-0.15, -0.1) is 11.8 Å². The van der Waals surface area contributed by atoms with E-state index in [0.29, 0.717) is 17.9 Å². The molecule has 1 unspecified atom stereocenters. The smallest absolute Gasteiger partial charge is 0.251 e. The molecule has 4 nitrogen and oxygen atoms in total. The summed E-state index contributed by atoms with van der Waals surface area (Å²) in [4.78, 5) is 27.6. The Bertz CT molecular complexity index is 1370. The zero-order valence-electron chi connectivity index (χ0n) is 18.6. The number of benzene rings is 4. The van der Waals surface area contributed by atoms with Gasteiger partial charge in [0.25, 0.3) is 5.91 Å². The number of fused-ring (bicyclic) bond motifs is 1. The lowest BCUT2D eigenvalue weighted by molar-refractivity contribution is -0.115. The molecule has 1 N–H and O–H groups in total. The van der Waals surface area contributed by atoms with Gasteiger partial charge in [0.15, 0.2) is 0 Å². The lowest BCUT2D eigenvalue weighted by Gasteiger charge is -2.28. The normalized spacial score (nSPS) is 15.6. The second kappa shape index (κ2) is 9.31. The quantitative estimate of drug-likeness (QED) is 0.389. The Morgan fingerprint density at radius 2 is 1.74 bits per heavy atom. The Morgan fingerprint density at radius 1 is 1.03 bits per heavy atom. The Hall–Kier alpha value is -3.64. The highest BCUT2D eigenvalue weighted by Crippen LogP contribution is 2.44. The van der Waals surface area contributed by atoms with E-state index in [-0.39, 0.29) is 23.0 Å². The van der Waals surface area contributed by atoms with Gasteiger partial charge in [-0.2, -0.15) is 0 Å². The molecule has 0 aromatic heterocycles. The van der Waals surface area contributed by atoms with Gasteiger partial charge in [0.1, 0.15) is 11.2 Å².